The van der Waals surface area contributed by atoms with Gasteiger partial charge in [-0.3, -0.25) is 4.79 Å². The van der Waals surface area contributed by atoms with Crippen molar-refractivity contribution in [3.63, 3.8) is 0 Å². The molecule has 0 aliphatic carbocycles. The van der Waals surface area contributed by atoms with Gasteiger partial charge in [-0.15, -0.1) is 0 Å². The molecule has 1 atom stereocenters. The van der Waals surface area contributed by atoms with Crippen LogP contribution < -0.4 is 5.73 Å². The lowest BCUT2D eigenvalue weighted by atomic mass is 10.1. The smallest absolute Gasteiger partial charge is 0.289 e. The second kappa shape index (κ2) is 6.09. The second-order valence-corrected chi connectivity index (χ2v) is 4.20. The van der Waals surface area contributed by atoms with Gasteiger partial charge in [-0.1, -0.05) is 12.1 Å². The number of nitrogens with two attached hydrogens (primary N) is 1. The van der Waals surface area contributed by atoms with Crippen molar-refractivity contribution >= 4 is 11.7 Å². The van der Waals surface area contributed by atoms with Crippen LogP contribution >= 0.6 is 0 Å². The van der Waals surface area contributed by atoms with Crippen LogP contribution in [0.25, 0.3) is 0 Å². The molecule has 100 valence electrons. The maximum absolute atomic E-state index is 12.2. The molecular formula is C12H19N3O3. The van der Waals surface area contributed by atoms with E-state index in [2.05, 4.69) is 5.16 Å². The topological polar surface area (TPSA) is 92.1 Å². The van der Waals surface area contributed by atoms with Crippen LogP contribution in [0.2, 0.25) is 0 Å². The molecule has 1 aromatic heterocycles. The second-order valence-electron chi connectivity index (χ2n) is 4.20. The van der Waals surface area contributed by atoms with Gasteiger partial charge in [0.15, 0.2) is 5.76 Å². The molecule has 0 bridgehead atoms. The average molecular weight is 253 g/mol. The summed E-state index contributed by atoms with van der Waals surface area (Å²) >= 11 is 0. The molecule has 6 nitrogen and oxygen atoms in total. The Morgan fingerprint density at radius 2 is 2.33 bits per heavy atom. The van der Waals surface area contributed by atoms with Crippen molar-refractivity contribution in [1.82, 2.24) is 4.90 Å². The Bertz CT molecular complexity index is 440. The molecule has 0 spiro atoms. The standard InChI is InChI=1S/C12H19N3O3/c1-4-15(7-9(3)11(13)14-17)12(16)10-8(2)5-6-18-10/h5-6,9,17H,4,7H2,1-3H3,(H2,13,14). The van der Waals surface area contributed by atoms with E-state index in [1.54, 1.807) is 17.9 Å². The van der Waals surface area contributed by atoms with Gasteiger partial charge in [-0.2, -0.15) is 0 Å². The largest absolute Gasteiger partial charge is 0.459 e. The molecule has 0 saturated heterocycles. The number of carbonyl (C=O) groups excluding carboxylic acids is 1. The highest BCUT2D eigenvalue weighted by Crippen LogP contribution is 2.13. The molecule has 1 amide bonds. The van der Waals surface area contributed by atoms with E-state index in [0.29, 0.717) is 18.8 Å². The highest BCUT2D eigenvalue weighted by atomic mass is 16.4. The zero-order valence-corrected chi connectivity index (χ0v) is 10.9. The average Bonchev–Trinajstić information content (AvgIpc) is 2.79. The number of rotatable bonds is 5. The third kappa shape index (κ3) is 3.03. The zero-order valence-electron chi connectivity index (χ0n) is 10.9. The molecule has 1 unspecified atom stereocenters. The van der Waals surface area contributed by atoms with Gasteiger partial charge >= 0.3 is 0 Å². The van der Waals surface area contributed by atoms with E-state index in [-0.39, 0.29) is 17.7 Å². The number of amides is 1. The van der Waals surface area contributed by atoms with Crippen molar-refractivity contribution < 1.29 is 14.4 Å². The zero-order chi connectivity index (χ0) is 13.7. The summed E-state index contributed by atoms with van der Waals surface area (Å²) in [5, 5.41) is 11.5. The third-order valence-corrected chi connectivity index (χ3v) is 2.84. The Balaban J connectivity index is 2.79. The molecule has 3 N–H and O–H groups in total. The predicted molar refractivity (Wildman–Crippen MR) is 67.6 cm³/mol. The molecule has 0 aromatic carbocycles. The lowest BCUT2D eigenvalue weighted by Gasteiger charge is -2.23. The van der Waals surface area contributed by atoms with Crippen LogP contribution in [0.15, 0.2) is 21.9 Å². The quantitative estimate of drug-likeness (QED) is 0.359. The van der Waals surface area contributed by atoms with Gasteiger partial charge in [0.2, 0.25) is 0 Å². The van der Waals surface area contributed by atoms with Crippen molar-refractivity contribution in [2.75, 3.05) is 13.1 Å². The van der Waals surface area contributed by atoms with Crippen LogP contribution in [0.5, 0.6) is 0 Å². The van der Waals surface area contributed by atoms with Crippen LogP contribution in [0.4, 0.5) is 0 Å². The van der Waals surface area contributed by atoms with Gasteiger partial charge < -0.3 is 20.3 Å². The number of hydrogen-bond donors (Lipinski definition) is 2. The van der Waals surface area contributed by atoms with E-state index in [4.69, 9.17) is 15.4 Å². The molecule has 6 heteroatoms. The van der Waals surface area contributed by atoms with E-state index in [0.717, 1.165) is 5.56 Å². The Labute approximate surface area is 106 Å². The van der Waals surface area contributed by atoms with Crippen molar-refractivity contribution in [2.24, 2.45) is 16.8 Å². The molecule has 18 heavy (non-hydrogen) atoms. The van der Waals surface area contributed by atoms with Crippen LogP contribution in [0.3, 0.4) is 0 Å². The van der Waals surface area contributed by atoms with Gasteiger partial charge in [0, 0.05) is 24.6 Å². The number of amidine groups is 1. The third-order valence-electron chi connectivity index (χ3n) is 2.84. The number of carbonyl (C=O) groups is 1. The highest BCUT2D eigenvalue weighted by molar-refractivity contribution is 5.93. The molecule has 1 heterocycles. The van der Waals surface area contributed by atoms with Crippen molar-refractivity contribution in [2.45, 2.75) is 20.8 Å². The maximum Gasteiger partial charge on any atom is 0.289 e. The van der Waals surface area contributed by atoms with Gasteiger partial charge in [-0.05, 0) is 19.9 Å². The van der Waals surface area contributed by atoms with Crippen molar-refractivity contribution in [1.29, 1.82) is 0 Å². The molecule has 0 aliphatic rings. The Hall–Kier alpha value is -1.98. The summed E-state index contributed by atoms with van der Waals surface area (Å²) in [7, 11) is 0. The van der Waals surface area contributed by atoms with Crippen LogP contribution in [-0.4, -0.2) is 34.9 Å². The summed E-state index contributed by atoms with van der Waals surface area (Å²) in [6.07, 6.45) is 1.49. The first-order chi connectivity index (χ1) is 8.51. The summed E-state index contributed by atoms with van der Waals surface area (Å²) in [5.74, 6) is 0.0488. The summed E-state index contributed by atoms with van der Waals surface area (Å²) in [4.78, 5) is 13.8. The lowest BCUT2D eigenvalue weighted by molar-refractivity contribution is 0.0721. The molecule has 1 rings (SSSR count). The number of hydrogen-bond acceptors (Lipinski definition) is 4. The molecule has 1 aromatic rings. The summed E-state index contributed by atoms with van der Waals surface area (Å²) in [6, 6.07) is 1.74. The SMILES string of the molecule is CCN(CC(C)/C(N)=N/O)C(=O)c1occc1C. The minimum Gasteiger partial charge on any atom is -0.459 e. The van der Waals surface area contributed by atoms with Gasteiger partial charge in [0.05, 0.1) is 6.26 Å². The van der Waals surface area contributed by atoms with Crippen molar-refractivity contribution in [3.8, 4) is 0 Å². The molecule has 0 saturated carbocycles. The van der Waals surface area contributed by atoms with E-state index < -0.39 is 0 Å². The van der Waals surface area contributed by atoms with E-state index in [1.807, 2.05) is 13.8 Å². The summed E-state index contributed by atoms with van der Waals surface area (Å²) < 4.78 is 5.18. The Morgan fingerprint density at radius 3 is 2.78 bits per heavy atom. The normalized spacial score (nSPS) is 13.4. The maximum atomic E-state index is 12.2. The van der Waals surface area contributed by atoms with Crippen LogP contribution in [-0.2, 0) is 0 Å². The Morgan fingerprint density at radius 1 is 1.67 bits per heavy atom. The summed E-state index contributed by atoms with van der Waals surface area (Å²) in [5.41, 5.74) is 6.31. The number of aryl methyl sites for hydroxylation is 1. The highest BCUT2D eigenvalue weighted by Gasteiger charge is 2.22. The van der Waals surface area contributed by atoms with Gasteiger partial charge in [-0.25, -0.2) is 0 Å². The fourth-order valence-corrected chi connectivity index (χ4v) is 1.61. The van der Waals surface area contributed by atoms with Crippen LogP contribution in [0.1, 0.15) is 30.0 Å². The van der Waals surface area contributed by atoms with E-state index in [9.17, 15) is 4.79 Å². The fourth-order valence-electron chi connectivity index (χ4n) is 1.61. The molecule has 0 fully saturated rings. The van der Waals surface area contributed by atoms with Crippen molar-refractivity contribution in [3.05, 3.63) is 23.7 Å². The van der Waals surface area contributed by atoms with E-state index in [1.165, 1.54) is 6.26 Å². The summed E-state index contributed by atoms with van der Waals surface area (Å²) in [6.45, 7) is 6.39. The first-order valence-electron chi connectivity index (χ1n) is 5.82. The van der Waals surface area contributed by atoms with Gasteiger partial charge in [0.25, 0.3) is 5.91 Å². The molecular weight excluding hydrogens is 234 g/mol. The fraction of sp³-hybridized carbons (Fsp3) is 0.500. The number of furan rings is 1. The minimum atomic E-state index is -0.214. The number of nitrogens with zero attached hydrogens (tertiary/aromatic N) is 2. The van der Waals surface area contributed by atoms with Gasteiger partial charge in [0.1, 0.15) is 5.84 Å². The monoisotopic (exact) mass is 253 g/mol. The van der Waals surface area contributed by atoms with E-state index >= 15 is 0 Å². The minimum absolute atomic E-state index is 0.109. The first-order valence-corrected chi connectivity index (χ1v) is 5.82. The predicted octanol–water partition coefficient (Wildman–Crippen LogP) is 1.43. The number of oxime groups is 1. The molecule has 0 radical (unpaired) electrons. The first kappa shape index (κ1) is 14.1. The Kier molecular flexibility index (Phi) is 4.76. The van der Waals surface area contributed by atoms with Crippen LogP contribution in [0, 0.1) is 12.8 Å². The molecule has 0 aliphatic heterocycles. The lowest BCUT2D eigenvalue weighted by Crippen LogP contribution is -2.38.